The zero-order valence-corrected chi connectivity index (χ0v) is 23.1. The van der Waals surface area contributed by atoms with Gasteiger partial charge in [0.25, 0.3) is 0 Å². The first-order valence-corrected chi connectivity index (χ1v) is 14.2. The summed E-state index contributed by atoms with van der Waals surface area (Å²) in [4.78, 5) is 24.8. The summed E-state index contributed by atoms with van der Waals surface area (Å²) in [5.41, 5.74) is 0.0663. The van der Waals surface area contributed by atoms with Crippen molar-refractivity contribution in [2.45, 2.75) is 116 Å². The molecule has 1 N–H and O–H groups in total. The van der Waals surface area contributed by atoms with Crippen molar-refractivity contribution in [2.24, 2.45) is 34.5 Å². The van der Waals surface area contributed by atoms with Crippen LogP contribution in [0.1, 0.15) is 92.9 Å². The van der Waals surface area contributed by atoms with E-state index >= 15 is 0 Å². The number of carbonyl (C=O) groups excluding carboxylic acids is 2. The molecular weight excluding hydrogens is 472 g/mol. The number of carbonyl (C=O) groups is 2. The molecule has 1 spiro atoms. The van der Waals surface area contributed by atoms with Crippen molar-refractivity contribution in [2.75, 3.05) is 0 Å². The molecule has 2 saturated heterocycles. The summed E-state index contributed by atoms with van der Waals surface area (Å²) < 4.78 is 24.6. The molecule has 9 atom stereocenters. The van der Waals surface area contributed by atoms with Gasteiger partial charge in [0.05, 0.1) is 18.1 Å². The van der Waals surface area contributed by atoms with Crippen LogP contribution in [-0.4, -0.2) is 40.3 Å². The molecule has 0 aromatic rings. The first kappa shape index (κ1) is 25.4. The lowest BCUT2D eigenvalue weighted by atomic mass is 9.57. The van der Waals surface area contributed by atoms with Crippen LogP contribution in [0.3, 0.4) is 0 Å². The zero-order valence-electron chi connectivity index (χ0n) is 23.1. The third kappa shape index (κ3) is 3.74. The van der Waals surface area contributed by atoms with Gasteiger partial charge in [-0.3, -0.25) is 4.79 Å². The van der Waals surface area contributed by atoms with Crippen LogP contribution in [0.4, 0.5) is 0 Å². The molecule has 0 radical (unpaired) electrons. The molecule has 2 bridgehead atoms. The number of hydrogen-bond donors (Lipinski definition) is 1. The average Bonchev–Trinajstić information content (AvgIpc) is 3.28. The van der Waals surface area contributed by atoms with E-state index in [9.17, 15) is 14.7 Å². The second-order valence-electron chi connectivity index (χ2n) is 14.0. The molecule has 6 rings (SSSR count). The van der Waals surface area contributed by atoms with E-state index in [4.69, 9.17) is 18.9 Å². The summed E-state index contributed by atoms with van der Waals surface area (Å²) in [5, 5.41) is 11.7. The summed E-state index contributed by atoms with van der Waals surface area (Å²) in [6, 6.07) is 0. The van der Waals surface area contributed by atoms with Gasteiger partial charge in [-0.1, -0.05) is 34.1 Å². The molecule has 37 heavy (non-hydrogen) atoms. The van der Waals surface area contributed by atoms with Gasteiger partial charge < -0.3 is 24.1 Å². The normalized spacial score (nSPS) is 50.5. The van der Waals surface area contributed by atoms with E-state index < -0.39 is 23.1 Å². The van der Waals surface area contributed by atoms with Crippen molar-refractivity contribution in [1.29, 1.82) is 0 Å². The standard InChI is InChI=1S/C30H42O7/c1-17-13-30(14-18(2)25(32)37-30)35-22-16-27(5)9-7-8-20-19-15-29(33,11-10-28(27,6)24(17)22)34-21(19)12-23(31)36-26(20,3)4/h12,15,17-18,20,22,24,33H,7-11,13-14,16H2,1-6H3/t17?,18-,20?,22-,24?,27?,28-,29?,30?/m1/s1. The molecular formula is C30H42O7. The second-order valence-corrected chi connectivity index (χ2v) is 14.0. The van der Waals surface area contributed by atoms with Crippen LogP contribution in [0.2, 0.25) is 0 Å². The zero-order chi connectivity index (χ0) is 26.6. The Hall–Kier alpha value is -1.86. The lowest BCUT2D eigenvalue weighted by Gasteiger charge is -2.51. The molecule has 204 valence electrons. The summed E-state index contributed by atoms with van der Waals surface area (Å²) >= 11 is 0. The highest BCUT2D eigenvalue weighted by Gasteiger charge is 2.66. The maximum atomic E-state index is 12.5. The monoisotopic (exact) mass is 514 g/mol. The van der Waals surface area contributed by atoms with Crippen LogP contribution < -0.4 is 0 Å². The van der Waals surface area contributed by atoms with Crippen LogP contribution in [0, 0.1) is 34.5 Å². The SMILES string of the molecule is CC1CC2(C[C@@H](C)C(=O)O2)O[C@@H]2CC3(C)CCCC4C5=CC(O)(CC[C@]3(C)C12)OC5=CC(=O)OC4(C)C. The lowest BCUT2D eigenvalue weighted by Crippen LogP contribution is -2.51. The van der Waals surface area contributed by atoms with Crippen molar-refractivity contribution in [3.8, 4) is 0 Å². The summed E-state index contributed by atoms with van der Waals surface area (Å²) in [6.07, 6.45) is 9.51. The number of cyclic esters (lactones) is 1. The molecule has 7 nitrogen and oxygen atoms in total. The van der Waals surface area contributed by atoms with E-state index in [1.54, 1.807) is 0 Å². The largest absolute Gasteiger partial charge is 0.458 e. The van der Waals surface area contributed by atoms with Crippen molar-refractivity contribution < 1.29 is 33.6 Å². The number of esters is 2. The molecule has 1 saturated carbocycles. The van der Waals surface area contributed by atoms with Gasteiger partial charge in [0.15, 0.2) is 0 Å². The smallest absolute Gasteiger partial charge is 0.335 e. The van der Waals surface area contributed by atoms with E-state index in [-0.39, 0.29) is 40.7 Å². The fourth-order valence-corrected chi connectivity index (χ4v) is 9.18. The van der Waals surface area contributed by atoms with Crippen molar-refractivity contribution in [1.82, 2.24) is 0 Å². The first-order valence-electron chi connectivity index (χ1n) is 14.2. The topological polar surface area (TPSA) is 91.3 Å². The van der Waals surface area contributed by atoms with Gasteiger partial charge in [-0.05, 0) is 68.3 Å². The van der Waals surface area contributed by atoms with E-state index in [0.717, 1.165) is 37.7 Å². The number of allylic oxidation sites excluding steroid dienone is 1. The highest BCUT2D eigenvalue weighted by atomic mass is 16.7. The quantitative estimate of drug-likeness (QED) is 0.446. The van der Waals surface area contributed by atoms with Crippen molar-refractivity contribution >= 4 is 11.9 Å². The minimum absolute atomic E-state index is 0.00701. The number of aliphatic hydroxyl groups is 1. The minimum Gasteiger partial charge on any atom is -0.458 e. The Labute approximate surface area is 219 Å². The fourth-order valence-electron chi connectivity index (χ4n) is 9.18. The Bertz CT molecular complexity index is 1090. The first-order chi connectivity index (χ1) is 17.2. The second kappa shape index (κ2) is 7.84. The molecule has 0 amide bonds. The molecule has 6 unspecified atom stereocenters. The molecule has 4 heterocycles. The van der Waals surface area contributed by atoms with Crippen LogP contribution in [0.25, 0.3) is 0 Å². The molecule has 0 aromatic carbocycles. The van der Waals surface area contributed by atoms with E-state index in [1.807, 2.05) is 26.8 Å². The molecule has 7 heteroatoms. The van der Waals surface area contributed by atoms with Gasteiger partial charge >= 0.3 is 11.9 Å². The molecule has 2 aliphatic carbocycles. The lowest BCUT2D eigenvalue weighted by molar-refractivity contribution is -0.276. The Morgan fingerprint density at radius 1 is 0.946 bits per heavy atom. The maximum Gasteiger partial charge on any atom is 0.335 e. The van der Waals surface area contributed by atoms with Crippen LogP contribution in [0.15, 0.2) is 23.5 Å². The van der Waals surface area contributed by atoms with Gasteiger partial charge in [0.1, 0.15) is 11.4 Å². The highest BCUT2D eigenvalue weighted by molar-refractivity contribution is 5.84. The van der Waals surface area contributed by atoms with Crippen molar-refractivity contribution in [3.63, 3.8) is 0 Å². The van der Waals surface area contributed by atoms with E-state index in [1.165, 1.54) is 6.08 Å². The van der Waals surface area contributed by atoms with E-state index in [0.29, 0.717) is 30.9 Å². The van der Waals surface area contributed by atoms with Gasteiger partial charge in [0, 0.05) is 30.8 Å². The average molecular weight is 515 g/mol. The molecule has 6 aliphatic rings. The Kier molecular flexibility index (Phi) is 5.39. The van der Waals surface area contributed by atoms with Gasteiger partial charge in [-0.2, -0.15) is 0 Å². The molecule has 3 fully saturated rings. The van der Waals surface area contributed by atoms with Gasteiger partial charge in [-0.15, -0.1) is 0 Å². The minimum atomic E-state index is -1.45. The van der Waals surface area contributed by atoms with Crippen molar-refractivity contribution in [3.05, 3.63) is 23.5 Å². The number of hydrogen-bond acceptors (Lipinski definition) is 7. The Balaban J connectivity index is 1.35. The maximum absolute atomic E-state index is 12.5. The van der Waals surface area contributed by atoms with Gasteiger partial charge in [0.2, 0.25) is 11.6 Å². The number of fused-ring (bicyclic) bond motifs is 4. The van der Waals surface area contributed by atoms with Gasteiger partial charge in [-0.25, -0.2) is 4.79 Å². The van der Waals surface area contributed by atoms with Crippen LogP contribution >= 0.6 is 0 Å². The number of ether oxygens (including phenoxy) is 4. The third-order valence-electron chi connectivity index (χ3n) is 11.1. The fraction of sp³-hybridized carbons (Fsp3) is 0.800. The third-order valence-corrected chi connectivity index (χ3v) is 11.1. The predicted octanol–water partition coefficient (Wildman–Crippen LogP) is 5.17. The summed E-state index contributed by atoms with van der Waals surface area (Å²) in [7, 11) is 0. The van der Waals surface area contributed by atoms with E-state index in [2.05, 4.69) is 20.8 Å². The number of rotatable bonds is 0. The van der Waals surface area contributed by atoms with Crippen LogP contribution in [-0.2, 0) is 28.5 Å². The van der Waals surface area contributed by atoms with Crippen LogP contribution in [0.5, 0.6) is 0 Å². The highest BCUT2D eigenvalue weighted by Crippen LogP contribution is 2.67. The predicted molar refractivity (Wildman–Crippen MR) is 135 cm³/mol. The summed E-state index contributed by atoms with van der Waals surface area (Å²) in [5.74, 6) is -1.96. The Morgan fingerprint density at radius 3 is 2.41 bits per heavy atom. The summed E-state index contributed by atoms with van der Waals surface area (Å²) in [6.45, 7) is 12.9. The molecule has 0 aromatic heterocycles. The molecule has 4 aliphatic heterocycles. The Morgan fingerprint density at radius 2 is 1.70 bits per heavy atom.